The van der Waals surface area contributed by atoms with Gasteiger partial charge in [0.15, 0.2) is 0 Å². The van der Waals surface area contributed by atoms with E-state index in [0.717, 1.165) is 0 Å². The second-order valence-corrected chi connectivity index (χ2v) is 6.47. The molecule has 0 nitrogen and oxygen atoms in total. The summed E-state index contributed by atoms with van der Waals surface area (Å²) in [5.41, 5.74) is 0. The van der Waals surface area contributed by atoms with E-state index in [1.54, 1.807) is 0 Å². The molecular formula is C24H20Cl2Cr-4. The smallest absolute Gasteiger partial charge is 0.171 e. The topological polar surface area (TPSA) is 0 Å². The summed E-state index contributed by atoms with van der Waals surface area (Å²) in [7, 11) is 9.65. The van der Waals surface area contributed by atoms with Crippen LogP contribution in [-0.2, 0) is 13.4 Å². The third-order valence-electron chi connectivity index (χ3n) is 2.43. The average Bonchev–Trinajstić information content (AvgIpc) is 2.80. The fraction of sp³-hybridized carbons (Fsp3) is 0. The van der Waals surface area contributed by atoms with Gasteiger partial charge in [0.2, 0.25) is 0 Å². The fourth-order valence-corrected chi connectivity index (χ4v) is 1.37. The molecule has 0 bridgehead atoms. The summed E-state index contributed by atoms with van der Waals surface area (Å²) in [6.45, 7) is 0. The first-order valence-corrected chi connectivity index (χ1v) is 11.5. The van der Waals surface area contributed by atoms with E-state index in [2.05, 4.69) is 24.3 Å². The number of hydrogen-bond acceptors (Lipinski definition) is 0. The van der Waals surface area contributed by atoms with Crippen molar-refractivity contribution in [1.82, 2.24) is 0 Å². The van der Waals surface area contributed by atoms with E-state index in [0.29, 0.717) is 0 Å². The van der Waals surface area contributed by atoms with Gasteiger partial charge < -0.3 is 0 Å². The van der Waals surface area contributed by atoms with Crippen molar-refractivity contribution in [2.24, 2.45) is 0 Å². The monoisotopic (exact) mass is 430 g/mol. The van der Waals surface area contributed by atoms with Gasteiger partial charge in [0.05, 0.1) is 0 Å². The predicted molar refractivity (Wildman–Crippen MR) is 113 cm³/mol. The Morgan fingerprint density at radius 2 is 0.481 bits per heavy atom. The number of halogens is 2. The molecule has 0 aliphatic carbocycles. The van der Waals surface area contributed by atoms with Crippen LogP contribution in [0.1, 0.15) is 0 Å². The van der Waals surface area contributed by atoms with Gasteiger partial charge in [-0.3, -0.25) is 0 Å². The van der Waals surface area contributed by atoms with Gasteiger partial charge >= 0.3 is 33.5 Å². The van der Waals surface area contributed by atoms with Crippen molar-refractivity contribution in [3.05, 3.63) is 146 Å². The van der Waals surface area contributed by atoms with E-state index in [-0.39, 0.29) is 13.4 Å². The van der Waals surface area contributed by atoms with E-state index in [4.69, 9.17) is 20.1 Å². The van der Waals surface area contributed by atoms with E-state index in [1.807, 2.05) is 121 Å². The Morgan fingerprint density at radius 1 is 0.333 bits per heavy atom. The zero-order chi connectivity index (χ0) is 19.7. The minimum Gasteiger partial charge on any atom is -0.184 e. The summed E-state index contributed by atoms with van der Waals surface area (Å²) in [5.74, 6) is 0. The van der Waals surface area contributed by atoms with Crippen LogP contribution in [-0.4, -0.2) is 0 Å². The van der Waals surface area contributed by atoms with Gasteiger partial charge in [0, 0.05) is 0 Å². The van der Waals surface area contributed by atoms with Crippen LogP contribution in [0, 0.1) is 24.3 Å². The van der Waals surface area contributed by atoms with Crippen molar-refractivity contribution in [3.8, 4) is 0 Å². The van der Waals surface area contributed by atoms with Gasteiger partial charge in [0.25, 0.3) is 0 Å². The molecule has 4 aromatic rings. The summed E-state index contributed by atoms with van der Waals surface area (Å²) >= 11 is -0.181. The first-order valence-electron chi connectivity index (χ1n) is 7.95. The minimum atomic E-state index is -0.181. The van der Waals surface area contributed by atoms with Crippen molar-refractivity contribution >= 4 is 20.1 Å². The number of rotatable bonds is 0. The Bertz CT molecular complexity index is 445. The minimum absolute atomic E-state index is 0.181. The van der Waals surface area contributed by atoms with Gasteiger partial charge in [-0.25, -0.2) is 0 Å². The Labute approximate surface area is 178 Å². The van der Waals surface area contributed by atoms with Crippen molar-refractivity contribution in [2.75, 3.05) is 0 Å². The molecule has 140 valence electrons. The molecule has 4 aromatic carbocycles. The molecule has 27 heavy (non-hydrogen) atoms. The van der Waals surface area contributed by atoms with Crippen LogP contribution < -0.4 is 0 Å². The average molecular weight is 431 g/mol. The second kappa shape index (κ2) is 24.0. The zero-order valence-electron chi connectivity index (χ0n) is 14.7. The van der Waals surface area contributed by atoms with Crippen molar-refractivity contribution in [2.45, 2.75) is 0 Å². The molecule has 0 N–H and O–H groups in total. The molecule has 0 spiro atoms. The molecule has 0 heterocycles. The fourth-order valence-electron chi connectivity index (χ4n) is 1.37. The van der Waals surface area contributed by atoms with Crippen molar-refractivity contribution in [3.63, 3.8) is 0 Å². The van der Waals surface area contributed by atoms with E-state index >= 15 is 0 Å². The maximum atomic E-state index is 4.83. The summed E-state index contributed by atoms with van der Waals surface area (Å²) in [5, 5.41) is 0. The van der Waals surface area contributed by atoms with Gasteiger partial charge in [-0.05, 0) is 0 Å². The van der Waals surface area contributed by atoms with Crippen LogP contribution in [0.4, 0.5) is 0 Å². The Kier molecular flexibility index (Phi) is 22.2. The first kappa shape index (κ1) is 25.0. The zero-order valence-corrected chi connectivity index (χ0v) is 17.5. The van der Waals surface area contributed by atoms with Gasteiger partial charge in [-0.1, -0.05) is 0 Å². The van der Waals surface area contributed by atoms with Crippen LogP contribution >= 0.6 is 20.1 Å². The number of hydrogen-bond donors (Lipinski definition) is 0. The molecule has 0 radical (unpaired) electrons. The largest absolute Gasteiger partial charge is 0.184 e. The quantitative estimate of drug-likeness (QED) is 0.256. The molecule has 0 unspecified atom stereocenters. The Morgan fingerprint density at radius 3 is 0.519 bits per heavy atom. The molecule has 0 saturated heterocycles. The predicted octanol–water partition coefficient (Wildman–Crippen LogP) is 7.32. The molecule has 0 fully saturated rings. The normalized spacial score (nSPS) is 7.78. The molecule has 0 amide bonds. The van der Waals surface area contributed by atoms with Crippen LogP contribution in [0.2, 0.25) is 0 Å². The molecule has 0 aliphatic rings. The third-order valence-corrected chi connectivity index (χ3v) is 2.43. The molecular weight excluding hydrogens is 411 g/mol. The maximum Gasteiger partial charge on any atom is -0.171 e. The summed E-state index contributed by atoms with van der Waals surface area (Å²) in [6, 6.07) is 50.0. The summed E-state index contributed by atoms with van der Waals surface area (Å²) < 4.78 is 0. The van der Waals surface area contributed by atoms with E-state index in [9.17, 15) is 0 Å². The maximum absolute atomic E-state index is 4.83. The first-order chi connectivity index (χ1) is 13.4. The van der Waals surface area contributed by atoms with Crippen molar-refractivity contribution < 1.29 is 13.4 Å². The molecule has 0 atom stereocenters. The van der Waals surface area contributed by atoms with Gasteiger partial charge in [-0.2, -0.15) is 146 Å². The van der Waals surface area contributed by atoms with Crippen molar-refractivity contribution in [1.29, 1.82) is 0 Å². The van der Waals surface area contributed by atoms with Crippen LogP contribution in [0.25, 0.3) is 0 Å². The van der Waals surface area contributed by atoms with Gasteiger partial charge in [-0.15, -0.1) is 0 Å². The molecule has 0 saturated carbocycles. The Balaban J connectivity index is 0.000000319. The van der Waals surface area contributed by atoms with Crippen LogP contribution in [0.5, 0.6) is 0 Å². The molecule has 0 aliphatic heterocycles. The van der Waals surface area contributed by atoms with Crippen LogP contribution in [0.15, 0.2) is 121 Å². The second-order valence-electron chi connectivity index (χ2n) is 4.37. The summed E-state index contributed by atoms with van der Waals surface area (Å²) in [4.78, 5) is 0. The third kappa shape index (κ3) is 24.0. The Hall–Kier alpha value is -2.01. The molecule has 0 aromatic heterocycles. The molecule has 4 rings (SSSR count). The number of benzene rings is 4. The SMILES string of the molecule is [Cl][Cr][Cl].[c-]1ccccc1.[c-]1ccccc1.[c-]1ccccc1.[c-]1ccccc1. The van der Waals surface area contributed by atoms with E-state index in [1.165, 1.54) is 0 Å². The van der Waals surface area contributed by atoms with Gasteiger partial charge in [0.1, 0.15) is 0 Å². The standard InChI is InChI=1S/4C6H5.2ClH.Cr/c4*1-2-4-6-5-3-1;;;/h4*1-5H;2*1H;/q4*-1;;;+2/p-2. The van der Waals surface area contributed by atoms with Crippen LogP contribution in [0.3, 0.4) is 0 Å². The van der Waals surface area contributed by atoms with E-state index < -0.39 is 0 Å². The summed E-state index contributed by atoms with van der Waals surface area (Å²) in [6.07, 6.45) is 0. The molecule has 3 heteroatoms.